The third-order valence-electron chi connectivity index (χ3n) is 5.18. The minimum Gasteiger partial charge on any atom is -0.394 e. The van der Waals surface area contributed by atoms with Crippen LogP contribution in [-0.2, 0) is 11.2 Å². The van der Waals surface area contributed by atoms with E-state index in [1.807, 2.05) is 51.1 Å². The van der Waals surface area contributed by atoms with Gasteiger partial charge in [0.15, 0.2) is 0 Å². The van der Waals surface area contributed by atoms with Gasteiger partial charge in [-0.3, -0.25) is 4.79 Å². The van der Waals surface area contributed by atoms with E-state index < -0.39 is 7.92 Å². The highest BCUT2D eigenvalue weighted by atomic mass is 31.1. The summed E-state index contributed by atoms with van der Waals surface area (Å²) < 4.78 is 0. The largest absolute Gasteiger partial charge is 0.394 e. The summed E-state index contributed by atoms with van der Waals surface area (Å²) in [4.78, 5) is 12.9. The van der Waals surface area contributed by atoms with Crippen molar-refractivity contribution in [3.63, 3.8) is 0 Å². The molecular formula is C26H30NO2P. The van der Waals surface area contributed by atoms with Crippen LogP contribution in [0.5, 0.6) is 0 Å². The lowest BCUT2D eigenvalue weighted by atomic mass is 9.87. The lowest BCUT2D eigenvalue weighted by Crippen LogP contribution is -2.47. The van der Waals surface area contributed by atoms with E-state index in [9.17, 15) is 9.90 Å². The molecule has 3 rings (SSSR count). The number of carbonyl (C=O) groups is 1. The highest BCUT2D eigenvalue weighted by Gasteiger charge is 2.26. The summed E-state index contributed by atoms with van der Waals surface area (Å²) in [6, 6.07) is 28.9. The number of nitrogens with one attached hydrogen (secondary N) is 1. The van der Waals surface area contributed by atoms with Crippen molar-refractivity contribution in [2.75, 3.05) is 6.61 Å². The first-order valence-corrected chi connectivity index (χ1v) is 11.6. The van der Waals surface area contributed by atoms with Gasteiger partial charge in [0, 0.05) is 0 Å². The predicted octanol–water partition coefficient (Wildman–Crippen LogP) is 3.51. The topological polar surface area (TPSA) is 49.3 Å². The molecule has 156 valence electrons. The van der Waals surface area contributed by atoms with E-state index in [4.69, 9.17) is 0 Å². The molecule has 0 aliphatic rings. The zero-order valence-electron chi connectivity index (χ0n) is 17.9. The van der Waals surface area contributed by atoms with Crippen LogP contribution in [0.25, 0.3) is 0 Å². The Morgan fingerprint density at radius 2 is 1.37 bits per heavy atom. The van der Waals surface area contributed by atoms with E-state index in [1.165, 1.54) is 15.9 Å². The fourth-order valence-electron chi connectivity index (χ4n) is 3.41. The van der Waals surface area contributed by atoms with Crippen molar-refractivity contribution in [2.45, 2.75) is 33.2 Å². The fourth-order valence-corrected chi connectivity index (χ4v) is 5.89. The second-order valence-electron chi connectivity index (χ2n) is 8.48. The van der Waals surface area contributed by atoms with E-state index >= 15 is 0 Å². The van der Waals surface area contributed by atoms with Gasteiger partial charge >= 0.3 is 0 Å². The van der Waals surface area contributed by atoms with E-state index in [2.05, 4.69) is 59.9 Å². The van der Waals surface area contributed by atoms with Gasteiger partial charge in [-0.1, -0.05) is 106 Å². The van der Waals surface area contributed by atoms with Crippen LogP contribution >= 0.6 is 7.92 Å². The summed E-state index contributed by atoms with van der Waals surface area (Å²) in [7, 11) is -0.773. The Morgan fingerprint density at radius 1 is 0.867 bits per heavy atom. The Bertz CT molecular complexity index is 912. The van der Waals surface area contributed by atoms with E-state index in [0.29, 0.717) is 6.42 Å². The summed E-state index contributed by atoms with van der Waals surface area (Å²) in [5.41, 5.74) is 0.823. The highest BCUT2D eigenvalue weighted by molar-refractivity contribution is 7.79. The minimum absolute atomic E-state index is 0.0625. The van der Waals surface area contributed by atoms with Crippen LogP contribution in [0.1, 0.15) is 26.3 Å². The number of aliphatic hydroxyl groups excluding tert-OH is 1. The monoisotopic (exact) mass is 419 g/mol. The lowest BCUT2D eigenvalue weighted by Gasteiger charge is -2.30. The molecule has 0 saturated heterocycles. The first-order valence-electron chi connectivity index (χ1n) is 10.3. The maximum Gasteiger partial charge on any atom is 0.224 e. The zero-order valence-corrected chi connectivity index (χ0v) is 18.8. The molecule has 2 N–H and O–H groups in total. The van der Waals surface area contributed by atoms with Crippen molar-refractivity contribution in [1.29, 1.82) is 0 Å². The summed E-state index contributed by atoms with van der Waals surface area (Å²) >= 11 is 0. The number of hydrogen-bond donors (Lipinski definition) is 2. The summed E-state index contributed by atoms with van der Waals surface area (Å²) in [6.07, 6.45) is 0.293. The number of rotatable bonds is 7. The molecule has 1 amide bonds. The maximum absolute atomic E-state index is 12.9. The first-order chi connectivity index (χ1) is 14.4. The van der Waals surface area contributed by atoms with Crippen molar-refractivity contribution in [3.05, 3.63) is 90.5 Å². The molecule has 0 bridgehead atoms. The van der Waals surface area contributed by atoms with Gasteiger partial charge in [-0.2, -0.15) is 0 Å². The molecule has 0 aliphatic heterocycles. The van der Waals surface area contributed by atoms with Crippen LogP contribution in [0, 0.1) is 5.41 Å². The van der Waals surface area contributed by atoms with Crippen LogP contribution in [-0.4, -0.2) is 23.7 Å². The molecule has 0 unspecified atom stereocenters. The predicted molar refractivity (Wildman–Crippen MR) is 127 cm³/mol. The summed E-state index contributed by atoms with van der Waals surface area (Å²) in [5, 5.41) is 16.4. The number of amides is 1. The van der Waals surface area contributed by atoms with Gasteiger partial charge in [0.05, 0.1) is 19.1 Å². The molecule has 30 heavy (non-hydrogen) atoms. The number of aliphatic hydroxyl groups is 1. The standard InChI is InChI=1S/C26H30NO2P/c1-26(2,3)24(19-28)27-25(29)18-20-12-10-11-17-23(20)30(21-13-6-4-7-14-21)22-15-8-5-9-16-22/h4-17,24,28H,18-19H2,1-3H3,(H,27,29)/t24-/m1/s1. The molecule has 0 radical (unpaired) electrons. The maximum atomic E-state index is 12.9. The van der Waals surface area contributed by atoms with E-state index in [-0.39, 0.29) is 24.0 Å². The van der Waals surface area contributed by atoms with Gasteiger partial charge in [-0.25, -0.2) is 0 Å². The third-order valence-corrected chi connectivity index (χ3v) is 7.72. The minimum atomic E-state index is -0.773. The Hall–Kier alpha value is -2.48. The van der Waals surface area contributed by atoms with Crippen LogP contribution in [0.4, 0.5) is 0 Å². The average Bonchev–Trinajstić information content (AvgIpc) is 2.74. The van der Waals surface area contributed by atoms with Crippen LogP contribution in [0.3, 0.4) is 0 Å². The van der Waals surface area contributed by atoms with Crippen molar-refractivity contribution < 1.29 is 9.90 Å². The van der Waals surface area contributed by atoms with E-state index in [0.717, 1.165) is 5.56 Å². The fraction of sp³-hybridized carbons (Fsp3) is 0.269. The SMILES string of the molecule is CC(C)(C)[C@@H](CO)NC(=O)Cc1ccccc1P(c1ccccc1)c1ccccc1. The molecule has 0 aromatic heterocycles. The molecule has 0 saturated carbocycles. The van der Waals surface area contributed by atoms with Crippen molar-refractivity contribution in [2.24, 2.45) is 5.41 Å². The second kappa shape index (κ2) is 10.0. The van der Waals surface area contributed by atoms with Crippen molar-refractivity contribution in [1.82, 2.24) is 5.32 Å². The van der Waals surface area contributed by atoms with E-state index in [1.54, 1.807) is 0 Å². The Morgan fingerprint density at radius 3 is 1.87 bits per heavy atom. The normalized spacial score (nSPS) is 12.6. The highest BCUT2D eigenvalue weighted by Crippen LogP contribution is 2.34. The van der Waals surface area contributed by atoms with Gasteiger partial charge < -0.3 is 10.4 Å². The van der Waals surface area contributed by atoms with Crippen molar-refractivity contribution >= 4 is 29.7 Å². The Labute approximate surface area is 180 Å². The zero-order chi connectivity index (χ0) is 21.6. The molecule has 3 aromatic rings. The molecule has 1 atom stereocenters. The summed E-state index contributed by atoms with van der Waals surface area (Å²) in [5.74, 6) is -0.0625. The molecule has 0 spiro atoms. The quantitative estimate of drug-likeness (QED) is 0.576. The molecule has 3 aromatic carbocycles. The molecule has 0 aliphatic carbocycles. The van der Waals surface area contributed by atoms with Gasteiger partial charge in [0.25, 0.3) is 0 Å². The Balaban J connectivity index is 1.95. The van der Waals surface area contributed by atoms with Gasteiger partial charge in [-0.05, 0) is 34.8 Å². The van der Waals surface area contributed by atoms with Gasteiger partial charge in [-0.15, -0.1) is 0 Å². The lowest BCUT2D eigenvalue weighted by molar-refractivity contribution is -0.122. The second-order valence-corrected chi connectivity index (χ2v) is 10.7. The molecule has 0 heterocycles. The van der Waals surface area contributed by atoms with Crippen LogP contribution < -0.4 is 21.2 Å². The molecule has 4 heteroatoms. The molecular weight excluding hydrogens is 389 g/mol. The van der Waals surface area contributed by atoms with Crippen molar-refractivity contribution in [3.8, 4) is 0 Å². The van der Waals surface area contributed by atoms with Crippen LogP contribution in [0.2, 0.25) is 0 Å². The van der Waals surface area contributed by atoms with Crippen LogP contribution in [0.15, 0.2) is 84.9 Å². The summed E-state index contributed by atoms with van der Waals surface area (Å²) in [6.45, 7) is 5.99. The Kier molecular flexibility index (Phi) is 7.42. The first kappa shape index (κ1) is 22.2. The number of hydrogen-bond acceptors (Lipinski definition) is 2. The number of carbonyl (C=O) groups excluding carboxylic acids is 1. The third kappa shape index (κ3) is 5.56. The molecule has 0 fully saturated rings. The number of benzene rings is 3. The molecule has 3 nitrogen and oxygen atoms in total. The van der Waals surface area contributed by atoms with Gasteiger partial charge in [0.2, 0.25) is 5.91 Å². The smallest absolute Gasteiger partial charge is 0.224 e. The van der Waals surface area contributed by atoms with Gasteiger partial charge in [0.1, 0.15) is 0 Å². The average molecular weight is 420 g/mol.